The molecule has 0 aliphatic carbocycles. The van der Waals surface area contributed by atoms with E-state index in [1.165, 1.54) is 16.4 Å². The van der Waals surface area contributed by atoms with Crippen molar-refractivity contribution >= 4 is 10.0 Å². The summed E-state index contributed by atoms with van der Waals surface area (Å²) in [6.07, 6.45) is -4.88. The highest BCUT2D eigenvalue weighted by atomic mass is 32.2. The van der Waals surface area contributed by atoms with E-state index in [2.05, 4.69) is 4.74 Å². The number of aliphatic hydroxyl groups is 1. The third-order valence-corrected chi connectivity index (χ3v) is 5.47. The summed E-state index contributed by atoms with van der Waals surface area (Å²) in [5.41, 5.74) is 0. The van der Waals surface area contributed by atoms with E-state index in [-0.39, 0.29) is 36.4 Å². The second kappa shape index (κ2) is 6.05. The second-order valence-corrected chi connectivity index (χ2v) is 7.20. The molecule has 1 aliphatic rings. The van der Waals surface area contributed by atoms with Crippen LogP contribution in [0.5, 0.6) is 5.75 Å². The molecule has 5 nitrogen and oxygen atoms in total. The Hall–Kier alpha value is -1.32. The summed E-state index contributed by atoms with van der Waals surface area (Å²) >= 11 is 0. The molecule has 1 fully saturated rings. The fourth-order valence-corrected chi connectivity index (χ4v) is 4.03. The topological polar surface area (TPSA) is 66.8 Å². The van der Waals surface area contributed by atoms with Crippen molar-refractivity contribution in [3.63, 3.8) is 0 Å². The number of aliphatic hydroxyl groups excluding tert-OH is 1. The minimum absolute atomic E-state index is 0.0191. The van der Waals surface area contributed by atoms with E-state index >= 15 is 0 Å². The summed E-state index contributed by atoms with van der Waals surface area (Å²) in [5, 5.41) is 9.20. The van der Waals surface area contributed by atoms with Gasteiger partial charge in [-0.2, -0.15) is 4.31 Å². The fourth-order valence-electron chi connectivity index (χ4n) is 2.40. The summed E-state index contributed by atoms with van der Waals surface area (Å²) in [6, 6.07) is 4.29. The van der Waals surface area contributed by atoms with Gasteiger partial charge in [0.2, 0.25) is 10.0 Å². The van der Waals surface area contributed by atoms with Crippen LogP contribution in [0.2, 0.25) is 0 Å². The predicted octanol–water partition coefficient (Wildman–Crippen LogP) is 1.83. The quantitative estimate of drug-likeness (QED) is 0.909. The van der Waals surface area contributed by atoms with Crippen LogP contribution < -0.4 is 4.74 Å². The number of nitrogens with zero attached hydrogens (tertiary/aromatic N) is 1. The highest BCUT2D eigenvalue weighted by molar-refractivity contribution is 7.89. The first-order chi connectivity index (χ1) is 10.1. The van der Waals surface area contributed by atoms with Crippen LogP contribution >= 0.6 is 0 Å². The number of halogens is 3. The Morgan fingerprint density at radius 2 is 2.05 bits per heavy atom. The van der Waals surface area contributed by atoms with Crippen LogP contribution in [-0.4, -0.2) is 43.9 Å². The summed E-state index contributed by atoms with van der Waals surface area (Å²) in [4.78, 5) is -0.264. The lowest BCUT2D eigenvalue weighted by molar-refractivity contribution is -0.274. The van der Waals surface area contributed by atoms with Gasteiger partial charge in [-0.05, 0) is 24.0 Å². The van der Waals surface area contributed by atoms with Crippen LogP contribution in [0.3, 0.4) is 0 Å². The van der Waals surface area contributed by atoms with Crippen LogP contribution in [0.15, 0.2) is 29.2 Å². The van der Waals surface area contributed by atoms with Gasteiger partial charge >= 0.3 is 6.36 Å². The molecular weight excluding hydrogens is 323 g/mol. The van der Waals surface area contributed by atoms with E-state index in [4.69, 9.17) is 0 Å². The molecule has 0 aromatic heterocycles. The first-order valence-corrected chi connectivity index (χ1v) is 8.04. The second-order valence-electron chi connectivity index (χ2n) is 5.26. The molecular formula is C13H16F3NO4S. The molecule has 0 amide bonds. The first kappa shape index (κ1) is 17.0. The van der Waals surface area contributed by atoms with E-state index in [0.29, 0.717) is 0 Å². The van der Waals surface area contributed by atoms with Crippen molar-refractivity contribution in [1.29, 1.82) is 0 Å². The van der Waals surface area contributed by atoms with E-state index in [0.717, 1.165) is 12.1 Å². The number of hydrogen-bond donors (Lipinski definition) is 1. The highest BCUT2D eigenvalue weighted by Crippen LogP contribution is 2.30. The Balaban J connectivity index is 2.25. The van der Waals surface area contributed by atoms with Crippen LogP contribution in [-0.2, 0) is 10.0 Å². The lowest BCUT2D eigenvalue weighted by atomic mass is 10.00. The zero-order valence-corrected chi connectivity index (χ0v) is 12.6. The van der Waals surface area contributed by atoms with Gasteiger partial charge in [0.1, 0.15) is 5.75 Å². The predicted molar refractivity (Wildman–Crippen MR) is 71.6 cm³/mol. The number of rotatable bonds is 4. The van der Waals surface area contributed by atoms with Gasteiger partial charge in [0.25, 0.3) is 0 Å². The monoisotopic (exact) mass is 339 g/mol. The van der Waals surface area contributed by atoms with Crippen molar-refractivity contribution < 1.29 is 31.4 Å². The third-order valence-electron chi connectivity index (χ3n) is 3.65. The normalized spacial score (nSPS) is 23.7. The lowest BCUT2D eigenvalue weighted by Crippen LogP contribution is -2.29. The average Bonchev–Trinajstić information content (AvgIpc) is 2.79. The molecule has 1 aromatic rings. The van der Waals surface area contributed by atoms with Gasteiger partial charge in [0.15, 0.2) is 0 Å². The van der Waals surface area contributed by atoms with Gasteiger partial charge in [-0.25, -0.2) is 8.42 Å². The molecule has 0 unspecified atom stereocenters. The van der Waals surface area contributed by atoms with Gasteiger partial charge in [0, 0.05) is 25.8 Å². The summed E-state index contributed by atoms with van der Waals surface area (Å²) in [5.74, 6) is -0.779. The smallest absolute Gasteiger partial charge is 0.406 e. The molecule has 2 atom stereocenters. The number of hydrogen-bond acceptors (Lipinski definition) is 4. The molecule has 22 heavy (non-hydrogen) atoms. The van der Waals surface area contributed by atoms with E-state index in [9.17, 15) is 26.7 Å². The van der Waals surface area contributed by atoms with Gasteiger partial charge in [-0.15, -0.1) is 13.2 Å². The van der Waals surface area contributed by atoms with E-state index in [1.807, 2.05) is 6.92 Å². The van der Waals surface area contributed by atoms with Gasteiger partial charge in [0.05, 0.1) is 4.90 Å². The molecule has 9 heteroatoms. The highest BCUT2D eigenvalue weighted by Gasteiger charge is 2.37. The van der Waals surface area contributed by atoms with E-state index < -0.39 is 22.1 Å². The maximum atomic E-state index is 12.5. The van der Waals surface area contributed by atoms with E-state index in [1.54, 1.807) is 0 Å². The SMILES string of the molecule is C[C@@H]1CN(S(=O)(=O)c2cccc(OC(F)(F)F)c2)C[C@H]1CO. The van der Waals surface area contributed by atoms with Crippen molar-refractivity contribution in [2.75, 3.05) is 19.7 Å². The molecule has 1 aromatic carbocycles. The zero-order chi connectivity index (χ0) is 16.5. The molecule has 0 saturated carbocycles. The maximum absolute atomic E-state index is 12.5. The van der Waals surface area contributed by atoms with Crippen molar-refractivity contribution in [2.45, 2.75) is 18.2 Å². The first-order valence-electron chi connectivity index (χ1n) is 6.60. The number of sulfonamides is 1. The Morgan fingerprint density at radius 1 is 1.36 bits per heavy atom. The maximum Gasteiger partial charge on any atom is 0.573 e. The summed E-state index contributed by atoms with van der Waals surface area (Å²) in [6.45, 7) is 2.05. The molecule has 1 aliphatic heterocycles. The number of ether oxygens (including phenoxy) is 1. The summed E-state index contributed by atoms with van der Waals surface area (Å²) in [7, 11) is -3.92. The van der Waals surface area contributed by atoms with Crippen molar-refractivity contribution in [2.24, 2.45) is 11.8 Å². The molecule has 0 bridgehead atoms. The molecule has 0 radical (unpaired) electrons. The summed E-state index contributed by atoms with van der Waals surface area (Å²) < 4.78 is 66.5. The fraction of sp³-hybridized carbons (Fsp3) is 0.538. The largest absolute Gasteiger partial charge is 0.573 e. The van der Waals surface area contributed by atoms with Crippen LogP contribution in [0.4, 0.5) is 13.2 Å². The number of benzene rings is 1. The third kappa shape index (κ3) is 3.71. The number of alkyl halides is 3. The van der Waals surface area contributed by atoms with Crippen LogP contribution in [0.25, 0.3) is 0 Å². The Labute approximate surface area is 126 Å². The van der Waals surface area contributed by atoms with Gasteiger partial charge in [-0.3, -0.25) is 0 Å². The Bertz CT molecular complexity index is 632. The molecule has 1 saturated heterocycles. The molecule has 1 N–H and O–H groups in total. The zero-order valence-electron chi connectivity index (χ0n) is 11.7. The Morgan fingerprint density at radius 3 is 2.59 bits per heavy atom. The lowest BCUT2D eigenvalue weighted by Gasteiger charge is -2.17. The average molecular weight is 339 g/mol. The minimum atomic E-state index is -4.88. The Kier molecular flexibility index (Phi) is 4.69. The standard InChI is InChI=1S/C13H16F3NO4S/c1-9-6-17(7-10(9)8-18)22(19,20)12-4-2-3-11(5-12)21-13(14,15)16/h2-5,9-10,18H,6-8H2,1H3/t9-,10+/m1/s1. The molecule has 1 heterocycles. The van der Waals surface area contributed by atoms with Crippen molar-refractivity contribution in [3.8, 4) is 5.75 Å². The van der Waals surface area contributed by atoms with Crippen LogP contribution in [0.1, 0.15) is 6.92 Å². The molecule has 2 rings (SSSR count). The van der Waals surface area contributed by atoms with Gasteiger partial charge < -0.3 is 9.84 Å². The molecule has 124 valence electrons. The van der Waals surface area contributed by atoms with Crippen molar-refractivity contribution in [3.05, 3.63) is 24.3 Å². The minimum Gasteiger partial charge on any atom is -0.406 e. The molecule has 0 spiro atoms. The van der Waals surface area contributed by atoms with Gasteiger partial charge in [-0.1, -0.05) is 13.0 Å². The van der Waals surface area contributed by atoms with Crippen molar-refractivity contribution in [1.82, 2.24) is 4.31 Å². The van der Waals surface area contributed by atoms with Crippen LogP contribution in [0, 0.1) is 11.8 Å².